The van der Waals surface area contributed by atoms with Crippen LogP contribution in [0, 0.1) is 23.2 Å². The summed E-state index contributed by atoms with van der Waals surface area (Å²) in [5, 5.41) is 11.8. The maximum absolute atomic E-state index is 12.1. The summed E-state index contributed by atoms with van der Waals surface area (Å²) in [4.78, 5) is 23.1. The van der Waals surface area contributed by atoms with Gasteiger partial charge in [0.15, 0.2) is 0 Å². The van der Waals surface area contributed by atoms with Crippen LogP contribution >= 0.6 is 0 Å². The Kier molecular flexibility index (Phi) is 5.66. The van der Waals surface area contributed by atoms with Gasteiger partial charge in [0.25, 0.3) is 0 Å². The lowest BCUT2D eigenvalue weighted by atomic mass is 9.49. The van der Waals surface area contributed by atoms with Gasteiger partial charge in [-0.25, -0.2) is 9.59 Å². The van der Waals surface area contributed by atoms with Crippen molar-refractivity contribution in [3.8, 4) is 0 Å². The monoisotopic (exact) mass is 397 g/mol. The minimum atomic E-state index is -0.934. The fourth-order valence-electron chi connectivity index (χ4n) is 6.29. The molecule has 4 aliphatic carbocycles. The van der Waals surface area contributed by atoms with Crippen LogP contribution in [-0.4, -0.2) is 23.8 Å². The summed E-state index contributed by atoms with van der Waals surface area (Å²) in [6.45, 7) is 2.43. The zero-order chi connectivity index (χ0) is 20.4. The number of aliphatic carboxylic acids is 1. The van der Waals surface area contributed by atoms with Crippen LogP contribution in [0.25, 0.3) is 6.08 Å². The number of carbonyl (C=O) groups is 2. The molecule has 5 rings (SSSR count). The molecule has 4 aliphatic rings. The molecule has 29 heavy (non-hydrogen) atoms. The molecule has 4 fully saturated rings. The summed E-state index contributed by atoms with van der Waals surface area (Å²) < 4.78 is 5.49. The maximum atomic E-state index is 12.1. The van der Waals surface area contributed by atoms with Crippen LogP contribution in [0.1, 0.15) is 63.0 Å². The van der Waals surface area contributed by atoms with E-state index in [-0.39, 0.29) is 11.7 Å². The van der Waals surface area contributed by atoms with Crippen LogP contribution in [0.3, 0.4) is 0 Å². The van der Waals surface area contributed by atoms with Crippen molar-refractivity contribution in [2.45, 2.75) is 58.4 Å². The third-order valence-corrected chi connectivity index (χ3v) is 7.14. The van der Waals surface area contributed by atoms with Gasteiger partial charge >= 0.3 is 12.1 Å². The van der Waals surface area contributed by atoms with E-state index in [4.69, 9.17) is 9.84 Å². The molecule has 4 saturated carbocycles. The molecular weight excluding hydrogens is 366 g/mol. The number of ether oxygens (including phenoxy) is 1. The van der Waals surface area contributed by atoms with Crippen molar-refractivity contribution in [1.82, 2.24) is 5.32 Å². The van der Waals surface area contributed by atoms with E-state index >= 15 is 0 Å². The van der Waals surface area contributed by atoms with Crippen LogP contribution in [0.4, 0.5) is 4.79 Å². The molecule has 0 atom stereocenters. The first-order valence-electron chi connectivity index (χ1n) is 10.8. The highest BCUT2D eigenvalue weighted by Gasteiger charge is 2.50. The SMILES string of the molecule is CC(=Cc1cccc(CNC(=O)OCCC23CC4CC(CC(C4)C2)C3)c1)C(=O)O. The summed E-state index contributed by atoms with van der Waals surface area (Å²) in [5.74, 6) is 1.82. The fraction of sp³-hybridized carbons (Fsp3) is 0.583. The van der Waals surface area contributed by atoms with E-state index in [0.29, 0.717) is 18.6 Å². The molecule has 0 saturated heterocycles. The smallest absolute Gasteiger partial charge is 0.407 e. The molecule has 0 radical (unpaired) electrons. The Morgan fingerprint density at radius 1 is 1.17 bits per heavy atom. The molecule has 0 aromatic heterocycles. The quantitative estimate of drug-likeness (QED) is 0.634. The Morgan fingerprint density at radius 3 is 2.45 bits per heavy atom. The first kappa shape index (κ1) is 20.0. The van der Waals surface area contributed by atoms with Gasteiger partial charge in [0, 0.05) is 12.1 Å². The maximum Gasteiger partial charge on any atom is 0.407 e. The van der Waals surface area contributed by atoms with Gasteiger partial charge < -0.3 is 15.2 Å². The number of carbonyl (C=O) groups excluding carboxylic acids is 1. The van der Waals surface area contributed by atoms with Gasteiger partial charge in [0.05, 0.1) is 6.61 Å². The number of benzene rings is 1. The number of amides is 1. The number of carboxylic acids is 1. The average Bonchev–Trinajstić information content (AvgIpc) is 2.65. The lowest BCUT2D eigenvalue weighted by Gasteiger charge is -2.57. The van der Waals surface area contributed by atoms with Gasteiger partial charge in [-0.1, -0.05) is 18.2 Å². The number of carboxylic acid groups (broad SMARTS) is 1. The molecule has 5 heteroatoms. The van der Waals surface area contributed by atoms with E-state index in [1.807, 2.05) is 24.3 Å². The molecule has 0 unspecified atom stereocenters. The second kappa shape index (κ2) is 8.21. The number of hydrogen-bond acceptors (Lipinski definition) is 3. The number of rotatable bonds is 7. The first-order valence-corrected chi connectivity index (χ1v) is 10.8. The summed E-state index contributed by atoms with van der Waals surface area (Å²) in [7, 11) is 0. The van der Waals surface area contributed by atoms with Crippen LogP contribution < -0.4 is 5.32 Å². The van der Waals surface area contributed by atoms with Crippen molar-refractivity contribution < 1.29 is 19.4 Å². The zero-order valence-electron chi connectivity index (χ0n) is 17.2. The van der Waals surface area contributed by atoms with Crippen molar-refractivity contribution in [2.24, 2.45) is 23.2 Å². The minimum absolute atomic E-state index is 0.277. The highest BCUT2D eigenvalue weighted by Crippen LogP contribution is 2.61. The van der Waals surface area contributed by atoms with Crippen LogP contribution in [-0.2, 0) is 16.1 Å². The number of nitrogens with one attached hydrogen (secondary N) is 1. The van der Waals surface area contributed by atoms with E-state index in [1.54, 1.807) is 13.0 Å². The van der Waals surface area contributed by atoms with Crippen LogP contribution in [0.5, 0.6) is 0 Å². The van der Waals surface area contributed by atoms with Gasteiger partial charge in [0.2, 0.25) is 0 Å². The zero-order valence-corrected chi connectivity index (χ0v) is 17.2. The van der Waals surface area contributed by atoms with E-state index in [2.05, 4.69) is 5.32 Å². The van der Waals surface area contributed by atoms with Crippen molar-refractivity contribution in [1.29, 1.82) is 0 Å². The summed E-state index contributed by atoms with van der Waals surface area (Å²) >= 11 is 0. The van der Waals surface area contributed by atoms with Crippen molar-refractivity contribution in [3.63, 3.8) is 0 Å². The Hall–Kier alpha value is -2.30. The Bertz CT molecular complexity index is 778. The summed E-state index contributed by atoms with van der Waals surface area (Å²) in [6, 6.07) is 7.49. The van der Waals surface area contributed by atoms with Gasteiger partial charge in [-0.15, -0.1) is 0 Å². The molecule has 1 amide bonds. The minimum Gasteiger partial charge on any atom is -0.478 e. The second-order valence-electron chi connectivity index (χ2n) is 9.53. The van der Waals surface area contributed by atoms with Crippen molar-refractivity contribution >= 4 is 18.1 Å². The van der Waals surface area contributed by atoms with E-state index < -0.39 is 5.97 Å². The molecule has 1 aromatic carbocycles. The second-order valence-corrected chi connectivity index (χ2v) is 9.53. The van der Waals surface area contributed by atoms with Gasteiger partial charge in [-0.05, 0) is 98.3 Å². The van der Waals surface area contributed by atoms with E-state index in [1.165, 1.54) is 38.5 Å². The summed E-state index contributed by atoms with van der Waals surface area (Å²) in [6.07, 6.45) is 10.5. The molecule has 156 valence electrons. The van der Waals surface area contributed by atoms with Gasteiger partial charge in [-0.2, -0.15) is 0 Å². The van der Waals surface area contributed by atoms with Crippen LogP contribution in [0.2, 0.25) is 0 Å². The van der Waals surface area contributed by atoms with Crippen LogP contribution in [0.15, 0.2) is 29.8 Å². The Morgan fingerprint density at radius 2 is 1.83 bits per heavy atom. The van der Waals surface area contributed by atoms with Crippen molar-refractivity contribution in [2.75, 3.05) is 6.61 Å². The highest BCUT2D eigenvalue weighted by atomic mass is 16.5. The third kappa shape index (κ3) is 4.82. The highest BCUT2D eigenvalue weighted by molar-refractivity contribution is 5.91. The normalized spacial score (nSPS) is 30.2. The Balaban J connectivity index is 1.23. The Labute approximate surface area is 172 Å². The topological polar surface area (TPSA) is 75.6 Å². The molecule has 0 aliphatic heterocycles. The lowest BCUT2D eigenvalue weighted by Crippen LogP contribution is -2.46. The average molecular weight is 398 g/mol. The number of hydrogen-bond donors (Lipinski definition) is 2. The predicted molar refractivity (Wildman–Crippen MR) is 111 cm³/mol. The predicted octanol–water partition coefficient (Wildman–Crippen LogP) is 5.01. The standard InChI is InChI=1S/C24H31NO4/c1-16(22(26)27)7-17-3-2-4-18(8-17)15-25-23(28)29-6-5-24-12-19-9-20(13-24)11-21(10-19)14-24/h2-4,7-8,19-21H,5-6,9-15H2,1H3,(H,25,28)(H,26,27). The van der Waals surface area contributed by atoms with Gasteiger partial charge in [0.1, 0.15) is 0 Å². The number of alkyl carbamates (subject to hydrolysis) is 1. The van der Waals surface area contributed by atoms with E-state index in [9.17, 15) is 9.59 Å². The largest absolute Gasteiger partial charge is 0.478 e. The van der Waals surface area contributed by atoms with Gasteiger partial charge in [-0.3, -0.25) is 0 Å². The molecular formula is C24H31NO4. The summed E-state index contributed by atoms with van der Waals surface area (Å²) in [5.41, 5.74) is 2.42. The molecule has 1 aromatic rings. The molecule has 0 heterocycles. The molecule has 4 bridgehead atoms. The molecule has 0 spiro atoms. The first-order chi connectivity index (χ1) is 13.9. The van der Waals surface area contributed by atoms with E-state index in [0.717, 1.165) is 35.3 Å². The molecule has 5 nitrogen and oxygen atoms in total. The lowest BCUT2D eigenvalue weighted by molar-refractivity contribution is -0.132. The third-order valence-electron chi connectivity index (χ3n) is 7.14. The fourth-order valence-corrected chi connectivity index (χ4v) is 6.29. The van der Waals surface area contributed by atoms with Crippen molar-refractivity contribution in [3.05, 3.63) is 41.0 Å². The molecule has 2 N–H and O–H groups in total.